The molecule has 0 bridgehead atoms. The van der Waals surface area contributed by atoms with Crippen LogP contribution in [0.15, 0.2) is 97.1 Å². The van der Waals surface area contributed by atoms with Gasteiger partial charge in [-0.25, -0.2) is 19.9 Å². The van der Waals surface area contributed by atoms with E-state index in [1.165, 1.54) is 0 Å². The van der Waals surface area contributed by atoms with E-state index in [0.717, 1.165) is 80.4 Å². The molecular weight excluding hydrogens is 1590 g/mol. The molecule has 8 aromatic heterocycles. The Bertz CT molecular complexity index is 5920. The molecule has 0 saturated heterocycles. The third kappa shape index (κ3) is 16.5. The molecule has 0 saturated carbocycles. The maximum absolute atomic E-state index is 13.8. The van der Waals surface area contributed by atoms with E-state index in [4.69, 9.17) is 52.3 Å². The first-order valence-electron chi connectivity index (χ1n) is 41.7. The molecule has 124 heavy (non-hydrogen) atoms. The second kappa shape index (κ2) is 35.2. The van der Waals surface area contributed by atoms with E-state index >= 15 is 0 Å². The van der Waals surface area contributed by atoms with Crippen LogP contribution >= 0.6 is 0 Å². The zero-order chi connectivity index (χ0) is 88.0. The molecule has 8 amide bonds. The van der Waals surface area contributed by atoms with Crippen LogP contribution in [0.2, 0.25) is 0 Å². The van der Waals surface area contributed by atoms with Gasteiger partial charge in [-0.05, 0) is 167 Å². The number of benzene rings is 4. The van der Waals surface area contributed by atoms with E-state index in [1.54, 1.807) is 106 Å². The van der Waals surface area contributed by atoms with Crippen LogP contribution in [0.1, 0.15) is 197 Å². The minimum Gasteiger partial charge on any atom is -0.385 e. The van der Waals surface area contributed by atoms with Crippen molar-refractivity contribution in [2.24, 2.45) is 22.9 Å². The number of hydrogen-bond acceptors (Lipinski definition) is 22. The van der Waals surface area contributed by atoms with Gasteiger partial charge >= 0.3 is 0 Å². The van der Waals surface area contributed by atoms with Crippen molar-refractivity contribution in [3.8, 4) is 0 Å². The number of imidazole rings is 4. The molecule has 648 valence electrons. The molecular formula is C86H104N28O10. The standard InChI is InChI=1S/2C43H52N14O5/c2*1-7-54-34(16-24(3)50-54)40(60)48-42-46-30-18-26(38(44)58)20-32-36(30)56(42)28(22-52(32)5)12-9-10-13-29-23-53(14-11-15-62-6)33-21-27(39(45)59)19-31-37(33)57(29)43(47-31)49-41(61)35-17-25(4)51-55(35)8-2/h2*9-10,16-21,28-29H,7-8,11-15,22-23H2,1-6H3,(H2,44,58)(H2,45,59)(H,46,48,60)(H,47,49,61)/b10-9+;10-9-/t2*28-,29-/m00/s1. The molecule has 4 aromatic carbocycles. The highest BCUT2D eigenvalue weighted by molar-refractivity contribution is 6.10. The van der Waals surface area contributed by atoms with Gasteiger partial charge in [0.1, 0.15) is 22.8 Å². The molecule has 0 aliphatic carbocycles. The minimum atomic E-state index is -0.572. The van der Waals surface area contributed by atoms with Gasteiger partial charge in [0.15, 0.2) is 0 Å². The van der Waals surface area contributed by atoms with Crippen molar-refractivity contribution in [2.75, 3.05) is 122 Å². The summed E-state index contributed by atoms with van der Waals surface area (Å²) in [6.45, 7) is 21.8. The molecule has 12 N–H and O–H groups in total. The second-order valence-electron chi connectivity index (χ2n) is 31.7. The van der Waals surface area contributed by atoms with E-state index < -0.39 is 23.6 Å². The van der Waals surface area contributed by atoms with E-state index in [-0.39, 0.29) is 47.8 Å². The van der Waals surface area contributed by atoms with Crippen LogP contribution in [0.3, 0.4) is 0 Å². The normalized spacial score (nSPS) is 15.9. The zero-order valence-corrected chi connectivity index (χ0v) is 71.6. The van der Waals surface area contributed by atoms with E-state index in [9.17, 15) is 38.4 Å². The van der Waals surface area contributed by atoms with Crippen LogP contribution in [0, 0.1) is 27.7 Å². The van der Waals surface area contributed by atoms with Gasteiger partial charge < -0.3 is 70.3 Å². The Hall–Kier alpha value is -14.0. The Morgan fingerprint density at radius 1 is 0.371 bits per heavy atom. The Morgan fingerprint density at radius 2 is 0.613 bits per heavy atom. The maximum Gasteiger partial charge on any atom is 0.276 e. The van der Waals surface area contributed by atoms with Gasteiger partial charge in [0.25, 0.3) is 23.6 Å². The molecule has 38 nitrogen and oxygen atoms in total. The molecule has 4 atom stereocenters. The van der Waals surface area contributed by atoms with Crippen molar-refractivity contribution in [3.05, 3.63) is 165 Å². The first-order chi connectivity index (χ1) is 59.6. The van der Waals surface area contributed by atoms with E-state index in [2.05, 4.69) is 94.7 Å². The summed E-state index contributed by atoms with van der Waals surface area (Å²) < 4.78 is 25.6. The third-order valence-electron chi connectivity index (χ3n) is 23.2. The van der Waals surface area contributed by atoms with Crippen LogP contribution in [-0.2, 0) is 35.7 Å². The smallest absolute Gasteiger partial charge is 0.276 e. The van der Waals surface area contributed by atoms with Crippen LogP contribution < -0.4 is 63.8 Å². The van der Waals surface area contributed by atoms with Crippen LogP contribution in [0.5, 0.6) is 0 Å². The van der Waals surface area contributed by atoms with Crippen molar-refractivity contribution >= 4 is 138 Å². The fourth-order valence-electron chi connectivity index (χ4n) is 17.6. The first-order valence-corrected chi connectivity index (χ1v) is 41.7. The number of anilines is 8. The number of nitrogens with zero attached hydrogens (tertiary/aromatic N) is 20. The Balaban J connectivity index is 0.000000192. The van der Waals surface area contributed by atoms with Crippen molar-refractivity contribution in [2.45, 2.75) is 144 Å². The van der Waals surface area contributed by atoms with Crippen LogP contribution in [-0.4, -0.2) is 205 Å². The third-order valence-corrected chi connectivity index (χ3v) is 23.2. The summed E-state index contributed by atoms with van der Waals surface area (Å²) in [6, 6.07) is 20.1. The zero-order valence-electron chi connectivity index (χ0n) is 71.6. The lowest BCUT2D eigenvalue weighted by Crippen LogP contribution is -2.37. The summed E-state index contributed by atoms with van der Waals surface area (Å²) in [4.78, 5) is 133. The lowest BCUT2D eigenvalue weighted by atomic mass is 10.0. The SMILES string of the molecule is CCn1nc(C)cc1C(=O)Nc1nc2cc(C(N)=O)cc3c2n1[C@@H](C/C=C/C[C@H]1CN(CCCOC)c2cc(C(N)=O)cc4nc(NC(=O)c5cc(C)nn5CC)n1c24)CN3C.CCn1nc(C)cc1C(=O)Nc1nc2cc(C(N)=O)cc3c2n1[C@@H](C/C=C\C[C@H]1CN(CCCOC)c2cc(C(N)=O)cc4nc(NC(=O)c5cc(C)nn5CC)n1c24)CN3C. The van der Waals surface area contributed by atoms with Crippen molar-refractivity contribution in [1.82, 2.24) is 77.3 Å². The molecule has 0 spiro atoms. The Kier molecular flexibility index (Phi) is 24.1. The molecule has 0 unspecified atom stereocenters. The maximum atomic E-state index is 13.8. The lowest BCUT2D eigenvalue weighted by Gasteiger charge is -2.36. The van der Waals surface area contributed by atoms with Gasteiger partial charge in [-0.2, -0.15) is 20.4 Å². The van der Waals surface area contributed by atoms with Gasteiger partial charge in [-0.3, -0.25) is 78.4 Å². The molecule has 16 rings (SSSR count). The van der Waals surface area contributed by atoms with Gasteiger partial charge in [0, 0.05) is 129 Å². The summed E-state index contributed by atoms with van der Waals surface area (Å²) in [5.74, 6) is -2.25. The number of carbonyl (C=O) groups excluding carboxylic acids is 8. The summed E-state index contributed by atoms with van der Waals surface area (Å²) in [5, 5.41) is 30.0. The number of rotatable bonds is 32. The van der Waals surface area contributed by atoms with Gasteiger partial charge in [-0.15, -0.1) is 0 Å². The number of primary amides is 4. The average Bonchev–Trinajstić information content (AvgIpc) is 1.58. The summed E-state index contributed by atoms with van der Waals surface area (Å²) in [7, 11) is 7.26. The molecule has 0 fully saturated rings. The van der Waals surface area contributed by atoms with E-state index in [1.807, 2.05) is 78.6 Å². The summed E-state index contributed by atoms with van der Waals surface area (Å²) in [5.41, 5.74) is 37.4. The van der Waals surface area contributed by atoms with Crippen molar-refractivity contribution in [1.29, 1.82) is 0 Å². The number of allylic oxidation sites excluding steroid dienone is 4. The number of nitrogens with one attached hydrogen (secondary N) is 4. The fraction of sp³-hybridized carbons (Fsp3) is 0.395. The summed E-state index contributed by atoms with van der Waals surface area (Å²) >= 11 is 0. The molecule has 4 aliphatic heterocycles. The Morgan fingerprint density at radius 3 is 0.855 bits per heavy atom. The van der Waals surface area contributed by atoms with Crippen LogP contribution in [0.25, 0.3) is 44.1 Å². The quantitative estimate of drug-likeness (QED) is 0.0144. The van der Waals surface area contributed by atoms with Gasteiger partial charge in [-0.1, -0.05) is 24.3 Å². The number of ether oxygens (including phenoxy) is 2. The van der Waals surface area contributed by atoms with Gasteiger partial charge in [0.2, 0.25) is 47.4 Å². The predicted molar refractivity (Wildman–Crippen MR) is 472 cm³/mol. The highest BCUT2D eigenvalue weighted by atomic mass is 16.5. The number of nitrogens with two attached hydrogens (primary N) is 4. The molecule has 4 aliphatic rings. The van der Waals surface area contributed by atoms with Crippen molar-refractivity contribution in [3.63, 3.8) is 0 Å². The number of likely N-dealkylation sites (N-methyl/N-ethyl adjacent to an activating group) is 2. The van der Waals surface area contributed by atoms with Gasteiger partial charge in [0.05, 0.1) is 114 Å². The van der Waals surface area contributed by atoms with Crippen LogP contribution in [0.4, 0.5) is 46.5 Å². The number of amides is 8. The van der Waals surface area contributed by atoms with Crippen molar-refractivity contribution < 1.29 is 47.8 Å². The average molecular weight is 1690 g/mol. The number of aromatic nitrogens is 16. The molecule has 12 aromatic rings. The lowest BCUT2D eigenvalue weighted by molar-refractivity contribution is 0.0992. The second-order valence-corrected chi connectivity index (χ2v) is 31.7. The molecule has 0 radical (unpaired) electrons. The van der Waals surface area contributed by atoms with E-state index in [0.29, 0.717) is 195 Å². The number of aryl methyl sites for hydroxylation is 8. The fourth-order valence-corrected chi connectivity index (χ4v) is 17.6. The highest BCUT2D eigenvalue weighted by Crippen LogP contribution is 2.45. The number of methoxy groups -OCH3 is 2. The minimum absolute atomic E-state index is 0.159. The topological polar surface area (TPSA) is 463 Å². The highest BCUT2D eigenvalue weighted by Gasteiger charge is 2.38. The number of hydrogen-bond donors (Lipinski definition) is 8. The monoisotopic (exact) mass is 1690 g/mol. The predicted octanol–water partition coefficient (Wildman–Crippen LogP) is 9.13. The summed E-state index contributed by atoms with van der Waals surface area (Å²) in [6.07, 6.45) is 12.3. The largest absolute Gasteiger partial charge is 0.385 e. The Labute approximate surface area is 713 Å². The molecule has 38 heteroatoms. The number of carbonyl (C=O) groups is 8. The molecule has 12 heterocycles. The first kappa shape index (κ1) is 85.0.